The molecule has 3 rings (SSSR count). The summed E-state index contributed by atoms with van der Waals surface area (Å²) in [5.41, 5.74) is 0. The Morgan fingerprint density at radius 3 is 2.56 bits per heavy atom. The van der Waals surface area contributed by atoms with E-state index in [9.17, 15) is 8.42 Å². The van der Waals surface area contributed by atoms with Crippen LogP contribution in [-0.2, 0) is 10.0 Å². The van der Waals surface area contributed by atoms with Crippen LogP contribution in [0.15, 0.2) is 35.2 Å². The average Bonchev–Trinajstić information content (AvgIpc) is 2.68. The highest BCUT2D eigenvalue weighted by Gasteiger charge is 2.29. The lowest BCUT2D eigenvalue weighted by Gasteiger charge is -2.34. The van der Waals surface area contributed by atoms with Gasteiger partial charge in [-0.05, 0) is 26.0 Å². The third-order valence-corrected chi connectivity index (χ3v) is 6.32. The molecule has 9 heteroatoms. The smallest absolute Gasteiger partial charge is 0.243 e. The summed E-state index contributed by atoms with van der Waals surface area (Å²) in [7, 11) is -2.02. The van der Waals surface area contributed by atoms with Crippen LogP contribution in [0.25, 0.3) is 0 Å². The van der Waals surface area contributed by atoms with Gasteiger partial charge in [0.25, 0.3) is 0 Å². The maximum Gasteiger partial charge on any atom is 0.243 e. The van der Waals surface area contributed by atoms with Gasteiger partial charge in [0.2, 0.25) is 10.0 Å². The number of aryl methyl sites for hydroxylation is 1. The Morgan fingerprint density at radius 1 is 1.15 bits per heavy atom. The SMILES string of the molecule is CCNc1cc(N2CCN(S(=O)(=O)c3cccc(OC)c3)CC2)nc(C)n1. The molecule has 27 heavy (non-hydrogen) atoms. The molecule has 0 radical (unpaired) electrons. The highest BCUT2D eigenvalue weighted by atomic mass is 32.2. The fourth-order valence-corrected chi connectivity index (χ4v) is 4.51. The fraction of sp³-hybridized carbons (Fsp3) is 0.444. The van der Waals surface area contributed by atoms with Crippen molar-refractivity contribution in [3.05, 3.63) is 36.2 Å². The standard InChI is InChI=1S/C18H25N5O3S/c1-4-19-17-13-18(21-14(2)20-17)22-8-10-23(11-9-22)27(24,25)16-7-5-6-15(12-16)26-3/h5-7,12-13H,4,8-11H2,1-3H3,(H,19,20,21). The van der Waals surface area contributed by atoms with E-state index in [2.05, 4.69) is 20.2 Å². The van der Waals surface area contributed by atoms with Crippen LogP contribution in [-0.4, -0.2) is 62.5 Å². The predicted molar refractivity (Wildman–Crippen MR) is 105 cm³/mol. The number of nitrogens with zero attached hydrogens (tertiary/aromatic N) is 4. The Morgan fingerprint density at radius 2 is 1.89 bits per heavy atom. The molecule has 1 fully saturated rings. The lowest BCUT2D eigenvalue weighted by Crippen LogP contribution is -2.49. The number of hydrogen-bond donors (Lipinski definition) is 1. The monoisotopic (exact) mass is 391 g/mol. The molecule has 0 bridgehead atoms. The van der Waals surface area contributed by atoms with Crippen molar-refractivity contribution in [3.63, 3.8) is 0 Å². The van der Waals surface area contributed by atoms with Gasteiger partial charge in [0.05, 0.1) is 12.0 Å². The number of nitrogens with one attached hydrogen (secondary N) is 1. The first-order valence-corrected chi connectivity index (χ1v) is 10.4. The van der Waals surface area contributed by atoms with Crippen LogP contribution in [0.3, 0.4) is 0 Å². The lowest BCUT2D eigenvalue weighted by atomic mass is 10.3. The highest BCUT2D eigenvalue weighted by molar-refractivity contribution is 7.89. The van der Waals surface area contributed by atoms with Gasteiger partial charge in [0, 0.05) is 44.9 Å². The first-order valence-electron chi connectivity index (χ1n) is 8.92. The molecular formula is C18H25N5O3S. The van der Waals surface area contributed by atoms with E-state index in [4.69, 9.17) is 4.74 Å². The summed E-state index contributed by atoms with van der Waals surface area (Å²) < 4.78 is 32.5. The highest BCUT2D eigenvalue weighted by Crippen LogP contribution is 2.24. The molecule has 1 aliphatic rings. The summed E-state index contributed by atoms with van der Waals surface area (Å²) in [5.74, 6) is 2.82. The molecule has 146 valence electrons. The molecule has 1 aromatic heterocycles. The quantitative estimate of drug-likeness (QED) is 0.802. The topological polar surface area (TPSA) is 87.7 Å². The fourth-order valence-electron chi connectivity index (χ4n) is 3.05. The first kappa shape index (κ1) is 19.4. The number of anilines is 2. The number of methoxy groups -OCH3 is 1. The van der Waals surface area contributed by atoms with E-state index >= 15 is 0 Å². The van der Waals surface area contributed by atoms with E-state index in [1.165, 1.54) is 11.4 Å². The summed E-state index contributed by atoms with van der Waals surface area (Å²) in [5, 5.41) is 3.20. The van der Waals surface area contributed by atoms with Crippen molar-refractivity contribution in [1.82, 2.24) is 14.3 Å². The zero-order valence-electron chi connectivity index (χ0n) is 15.8. The van der Waals surface area contributed by atoms with Crippen molar-refractivity contribution in [1.29, 1.82) is 0 Å². The van der Waals surface area contributed by atoms with Gasteiger partial charge in [-0.25, -0.2) is 18.4 Å². The second kappa shape index (κ2) is 8.10. The van der Waals surface area contributed by atoms with Gasteiger partial charge >= 0.3 is 0 Å². The summed E-state index contributed by atoms with van der Waals surface area (Å²) in [6, 6.07) is 8.48. The second-order valence-corrected chi connectivity index (χ2v) is 8.20. The maximum absolute atomic E-state index is 12.9. The molecule has 0 unspecified atom stereocenters. The van der Waals surface area contributed by atoms with E-state index in [1.807, 2.05) is 19.9 Å². The number of benzene rings is 1. The summed E-state index contributed by atoms with van der Waals surface area (Å²) in [6.07, 6.45) is 0. The average molecular weight is 391 g/mol. The number of sulfonamides is 1. The minimum Gasteiger partial charge on any atom is -0.497 e. The van der Waals surface area contributed by atoms with Crippen molar-refractivity contribution in [2.75, 3.05) is 50.1 Å². The number of ether oxygens (including phenoxy) is 1. The molecule has 1 aromatic carbocycles. The van der Waals surface area contributed by atoms with Crippen molar-refractivity contribution >= 4 is 21.7 Å². The third-order valence-electron chi connectivity index (χ3n) is 4.42. The van der Waals surface area contributed by atoms with Gasteiger partial charge in [0.15, 0.2) is 0 Å². The Labute approximate surface area is 160 Å². The zero-order valence-corrected chi connectivity index (χ0v) is 16.7. The maximum atomic E-state index is 12.9. The Kier molecular flexibility index (Phi) is 5.81. The minimum absolute atomic E-state index is 0.252. The van der Waals surface area contributed by atoms with Gasteiger partial charge in [-0.15, -0.1) is 0 Å². The minimum atomic E-state index is -3.54. The normalized spacial score (nSPS) is 15.6. The summed E-state index contributed by atoms with van der Waals surface area (Å²) >= 11 is 0. The number of rotatable bonds is 6. The number of aromatic nitrogens is 2. The molecule has 1 N–H and O–H groups in total. The van der Waals surface area contributed by atoms with Gasteiger partial charge < -0.3 is 15.0 Å². The molecule has 0 atom stereocenters. The van der Waals surface area contributed by atoms with Crippen LogP contribution >= 0.6 is 0 Å². The molecule has 0 aliphatic carbocycles. The van der Waals surface area contributed by atoms with E-state index < -0.39 is 10.0 Å². The van der Waals surface area contributed by atoms with Crippen LogP contribution < -0.4 is 15.0 Å². The van der Waals surface area contributed by atoms with Crippen LogP contribution in [0.5, 0.6) is 5.75 Å². The molecular weight excluding hydrogens is 366 g/mol. The van der Waals surface area contributed by atoms with E-state index in [-0.39, 0.29) is 4.90 Å². The molecule has 8 nitrogen and oxygen atoms in total. The Bertz CT molecular complexity index is 896. The molecule has 0 saturated carbocycles. The Hall–Kier alpha value is -2.39. The summed E-state index contributed by atoms with van der Waals surface area (Å²) in [4.78, 5) is 11.2. The van der Waals surface area contributed by atoms with E-state index in [1.54, 1.807) is 24.3 Å². The lowest BCUT2D eigenvalue weighted by molar-refractivity contribution is 0.382. The van der Waals surface area contributed by atoms with Crippen LogP contribution in [0.1, 0.15) is 12.7 Å². The molecule has 0 amide bonds. The van der Waals surface area contributed by atoms with Gasteiger partial charge in [-0.1, -0.05) is 6.07 Å². The Balaban J connectivity index is 1.73. The largest absolute Gasteiger partial charge is 0.497 e. The van der Waals surface area contributed by atoms with Gasteiger partial charge in [-0.3, -0.25) is 0 Å². The predicted octanol–water partition coefficient (Wildman–Crippen LogP) is 1.74. The molecule has 0 spiro atoms. The third kappa shape index (κ3) is 4.30. The molecule has 2 heterocycles. The zero-order chi connectivity index (χ0) is 19.4. The summed E-state index contributed by atoms with van der Waals surface area (Å²) in [6.45, 7) is 6.60. The molecule has 2 aromatic rings. The van der Waals surface area contributed by atoms with Gasteiger partial charge in [0.1, 0.15) is 23.2 Å². The van der Waals surface area contributed by atoms with Crippen LogP contribution in [0, 0.1) is 6.92 Å². The van der Waals surface area contributed by atoms with Gasteiger partial charge in [-0.2, -0.15) is 4.31 Å². The van der Waals surface area contributed by atoms with Crippen molar-refractivity contribution in [2.45, 2.75) is 18.7 Å². The van der Waals surface area contributed by atoms with E-state index in [0.717, 1.165) is 18.2 Å². The van der Waals surface area contributed by atoms with Crippen molar-refractivity contribution in [3.8, 4) is 5.75 Å². The second-order valence-electron chi connectivity index (χ2n) is 6.26. The van der Waals surface area contributed by atoms with Crippen molar-refractivity contribution in [2.24, 2.45) is 0 Å². The van der Waals surface area contributed by atoms with E-state index in [0.29, 0.717) is 37.8 Å². The molecule has 1 aliphatic heterocycles. The molecule has 1 saturated heterocycles. The van der Waals surface area contributed by atoms with Crippen molar-refractivity contribution < 1.29 is 13.2 Å². The number of hydrogen-bond acceptors (Lipinski definition) is 7. The first-order chi connectivity index (χ1) is 12.9. The van der Waals surface area contributed by atoms with Crippen LogP contribution in [0.4, 0.5) is 11.6 Å². The number of piperazine rings is 1. The van der Waals surface area contributed by atoms with Crippen LogP contribution in [0.2, 0.25) is 0 Å².